The largest absolute Gasteiger partial charge is 0.632 e. The zero-order valence-electron chi connectivity index (χ0n) is 13.2. The zero-order valence-corrected chi connectivity index (χ0v) is 13.2. The van der Waals surface area contributed by atoms with Crippen LogP contribution in [0.2, 0.25) is 0 Å². The second-order valence-corrected chi connectivity index (χ2v) is 6.67. The van der Waals surface area contributed by atoms with Crippen LogP contribution in [0.1, 0.15) is 27.2 Å². The molecule has 2 aliphatic rings. The van der Waals surface area contributed by atoms with E-state index in [1.54, 1.807) is 19.9 Å². The number of aliphatic hydroxyl groups is 3. The van der Waals surface area contributed by atoms with Crippen LogP contribution in [0.4, 0.5) is 0 Å². The third kappa shape index (κ3) is 2.68. The minimum atomic E-state index is -1.99. The van der Waals surface area contributed by atoms with Crippen LogP contribution in [0.15, 0.2) is 11.6 Å². The van der Waals surface area contributed by atoms with E-state index in [1.165, 1.54) is 6.92 Å². The Balaban J connectivity index is 2.03. The molecular formula is C15H25NO6. The molecule has 7 nitrogen and oxygen atoms in total. The van der Waals surface area contributed by atoms with Crippen molar-refractivity contribution < 1.29 is 29.5 Å². The third-order valence-corrected chi connectivity index (χ3v) is 4.93. The molecule has 0 amide bonds. The maximum absolute atomic E-state index is 12.4. The molecule has 0 saturated carbocycles. The minimum absolute atomic E-state index is 0.148. The summed E-state index contributed by atoms with van der Waals surface area (Å²) in [6.45, 7) is 5.02. The number of carbonyl (C=O) groups excluding carboxylic acids is 1. The van der Waals surface area contributed by atoms with Gasteiger partial charge in [0.2, 0.25) is 0 Å². The van der Waals surface area contributed by atoms with Gasteiger partial charge in [0.1, 0.15) is 18.8 Å². The number of ether oxygens (including phenoxy) is 1. The van der Waals surface area contributed by atoms with E-state index in [-0.39, 0.29) is 13.2 Å². The molecule has 5 atom stereocenters. The number of hydrogen-bond acceptors (Lipinski definition) is 6. The summed E-state index contributed by atoms with van der Waals surface area (Å²) >= 11 is 0. The second kappa shape index (κ2) is 5.90. The maximum Gasteiger partial charge on any atom is 0.341 e. The summed E-state index contributed by atoms with van der Waals surface area (Å²) in [4.78, 5) is 12.2. The molecule has 126 valence electrons. The highest BCUT2D eigenvalue weighted by Gasteiger charge is 2.49. The average Bonchev–Trinajstić information content (AvgIpc) is 2.92. The van der Waals surface area contributed by atoms with Crippen molar-refractivity contribution in [3.05, 3.63) is 16.9 Å². The standard InChI is InChI=1S/C15H25NO6/c1-9(2)15(20,10(3)17)14(19)22-8-11-4-6-16(21)7-5-12(18)13(11)16/h4,9-10,12-13,17-18,20H,5-8H2,1-3H3/t10-,12-,13-,15?,16?/m1/s1. The molecule has 3 N–H and O–H groups in total. The van der Waals surface area contributed by atoms with Crippen LogP contribution < -0.4 is 0 Å². The predicted octanol–water partition coefficient (Wildman–Crippen LogP) is -0.315. The van der Waals surface area contributed by atoms with Crippen molar-refractivity contribution in [3.63, 3.8) is 0 Å². The molecule has 1 fully saturated rings. The summed E-state index contributed by atoms with van der Waals surface area (Å²) in [5, 5.41) is 42.4. The molecule has 2 unspecified atom stereocenters. The molecule has 7 heteroatoms. The fraction of sp³-hybridized carbons (Fsp3) is 0.800. The molecule has 0 aromatic rings. The van der Waals surface area contributed by atoms with Gasteiger partial charge in [0.25, 0.3) is 0 Å². The normalized spacial score (nSPS) is 35.0. The average molecular weight is 315 g/mol. The first-order valence-corrected chi connectivity index (χ1v) is 7.65. The van der Waals surface area contributed by atoms with Crippen molar-refractivity contribution in [2.24, 2.45) is 5.92 Å². The molecule has 0 aromatic heterocycles. The van der Waals surface area contributed by atoms with Gasteiger partial charge in [0.05, 0.1) is 19.2 Å². The first-order chi connectivity index (χ1) is 10.1. The van der Waals surface area contributed by atoms with Gasteiger partial charge >= 0.3 is 5.97 Å². The van der Waals surface area contributed by atoms with Crippen molar-refractivity contribution in [3.8, 4) is 0 Å². The number of fused-ring (bicyclic) bond motifs is 1. The number of hydrogen-bond donors (Lipinski definition) is 3. The lowest BCUT2D eigenvalue weighted by Gasteiger charge is -2.40. The van der Waals surface area contributed by atoms with Crippen molar-refractivity contribution in [1.82, 2.24) is 0 Å². The lowest BCUT2D eigenvalue weighted by Crippen LogP contribution is -2.53. The number of quaternary nitrogens is 1. The Morgan fingerprint density at radius 3 is 2.73 bits per heavy atom. The summed E-state index contributed by atoms with van der Waals surface area (Å²) in [6.07, 6.45) is 0.127. The van der Waals surface area contributed by atoms with Crippen LogP contribution >= 0.6 is 0 Å². The SMILES string of the molecule is CC(C)C(O)(C(=O)OCC1=CC[N+]2([O-])CC[C@@H](O)[C@@H]12)[C@@H](C)O. The van der Waals surface area contributed by atoms with E-state index in [9.17, 15) is 25.3 Å². The van der Waals surface area contributed by atoms with Crippen molar-refractivity contribution in [1.29, 1.82) is 0 Å². The fourth-order valence-corrected chi connectivity index (χ4v) is 3.41. The Morgan fingerprint density at radius 2 is 2.18 bits per heavy atom. The number of nitrogens with zero attached hydrogens (tertiary/aromatic N) is 1. The van der Waals surface area contributed by atoms with E-state index >= 15 is 0 Å². The predicted molar refractivity (Wildman–Crippen MR) is 78.3 cm³/mol. The van der Waals surface area contributed by atoms with Gasteiger partial charge in [-0.3, -0.25) is 0 Å². The zero-order chi connectivity index (χ0) is 16.7. The fourth-order valence-electron chi connectivity index (χ4n) is 3.41. The van der Waals surface area contributed by atoms with Gasteiger partial charge in [-0.25, -0.2) is 4.79 Å². The van der Waals surface area contributed by atoms with Crippen LogP contribution in [0, 0.1) is 11.1 Å². The number of rotatable bonds is 5. The molecule has 0 aromatic carbocycles. The van der Waals surface area contributed by atoms with Crippen molar-refractivity contribution in [2.75, 3.05) is 19.7 Å². The summed E-state index contributed by atoms with van der Waals surface area (Å²) in [5.74, 6) is -1.44. The highest BCUT2D eigenvalue weighted by atomic mass is 16.6. The lowest BCUT2D eigenvalue weighted by atomic mass is 9.85. The van der Waals surface area contributed by atoms with Gasteiger partial charge < -0.3 is 29.9 Å². The molecule has 2 aliphatic heterocycles. The van der Waals surface area contributed by atoms with Gasteiger partial charge in [0.15, 0.2) is 5.60 Å². The lowest BCUT2D eigenvalue weighted by molar-refractivity contribution is -0.877. The van der Waals surface area contributed by atoms with E-state index < -0.39 is 40.4 Å². The molecule has 22 heavy (non-hydrogen) atoms. The van der Waals surface area contributed by atoms with E-state index in [0.29, 0.717) is 18.5 Å². The van der Waals surface area contributed by atoms with Crippen molar-refractivity contribution in [2.45, 2.75) is 51.0 Å². The van der Waals surface area contributed by atoms with Crippen LogP contribution in [0.25, 0.3) is 0 Å². The molecule has 2 rings (SSSR count). The smallest absolute Gasteiger partial charge is 0.341 e. The molecular weight excluding hydrogens is 290 g/mol. The van der Waals surface area contributed by atoms with Gasteiger partial charge in [-0.15, -0.1) is 0 Å². The quantitative estimate of drug-likeness (QED) is 0.278. The van der Waals surface area contributed by atoms with E-state index in [0.717, 1.165) is 0 Å². The van der Waals surface area contributed by atoms with E-state index in [4.69, 9.17) is 4.74 Å². The van der Waals surface area contributed by atoms with Gasteiger partial charge in [-0.1, -0.05) is 13.8 Å². The molecule has 0 bridgehead atoms. The van der Waals surface area contributed by atoms with Gasteiger partial charge in [-0.2, -0.15) is 0 Å². The molecule has 0 radical (unpaired) electrons. The number of esters is 1. The first kappa shape index (κ1) is 17.4. The highest BCUT2D eigenvalue weighted by molar-refractivity contribution is 5.80. The summed E-state index contributed by atoms with van der Waals surface area (Å²) in [5.41, 5.74) is -1.40. The van der Waals surface area contributed by atoms with E-state index in [2.05, 4.69) is 0 Å². The number of carbonyl (C=O) groups is 1. The third-order valence-electron chi connectivity index (χ3n) is 4.93. The van der Waals surface area contributed by atoms with Crippen molar-refractivity contribution >= 4 is 5.97 Å². The monoisotopic (exact) mass is 315 g/mol. The first-order valence-electron chi connectivity index (χ1n) is 7.65. The van der Waals surface area contributed by atoms with Crippen LogP contribution in [0.5, 0.6) is 0 Å². The minimum Gasteiger partial charge on any atom is -0.632 e. The molecule has 1 saturated heterocycles. The summed E-state index contributed by atoms with van der Waals surface area (Å²) < 4.78 is 4.64. The maximum atomic E-state index is 12.4. The highest BCUT2D eigenvalue weighted by Crippen LogP contribution is 2.36. The Hall–Kier alpha value is -0.990. The molecule has 0 aliphatic carbocycles. The Labute approximate surface area is 130 Å². The number of hydroxylamine groups is 3. The van der Waals surface area contributed by atoms with Crippen LogP contribution in [0.3, 0.4) is 0 Å². The molecule has 2 heterocycles. The second-order valence-electron chi connectivity index (χ2n) is 6.67. The Kier molecular flexibility index (Phi) is 4.66. The topological polar surface area (TPSA) is 110 Å². The summed E-state index contributed by atoms with van der Waals surface area (Å²) in [6, 6.07) is -0.591. The van der Waals surface area contributed by atoms with Gasteiger partial charge in [0, 0.05) is 12.0 Å². The van der Waals surface area contributed by atoms with Crippen LogP contribution in [-0.4, -0.2) is 69.5 Å². The van der Waals surface area contributed by atoms with E-state index in [1.807, 2.05) is 0 Å². The number of aliphatic hydroxyl groups excluding tert-OH is 2. The summed E-state index contributed by atoms with van der Waals surface area (Å²) in [7, 11) is 0. The molecule has 0 spiro atoms. The van der Waals surface area contributed by atoms with Crippen LogP contribution in [-0.2, 0) is 9.53 Å². The Morgan fingerprint density at radius 1 is 1.55 bits per heavy atom. The Bertz CT molecular complexity index is 467. The van der Waals surface area contributed by atoms with Gasteiger partial charge in [-0.05, 0) is 18.9 Å².